The lowest BCUT2D eigenvalue weighted by atomic mass is 9.57. The molecule has 4 unspecified atom stereocenters. The van der Waals surface area contributed by atoms with Gasteiger partial charge in [-0.05, 0) is 70.1 Å². The largest absolute Gasteiger partial charge is 0.508 e. The van der Waals surface area contributed by atoms with Crippen LogP contribution in [0.15, 0.2) is 35.6 Å². The van der Waals surface area contributed by atoms with Gasteiger partial charge in [0.25, 0.3) is 5.91 Å². The maximum absolute atomic E-state index is 16.5. The molecule has 0 aliphatic heterocycles. The van der Waals surface area contributed by atoms with Crippen LogP contribution in [0.25, 0.3) is 5.76 Å². The van der Waals surface area contributed by atoms with Crippen molar-refractivity contribution < 1.29 is 38.8 Å². The van der Waals surface area contributed by atoms with E-state index in [-0.39, 0.29) is 47.3 Å². The van der Waals surface area contributed by atoms with E-state index in [1.807, 2.05) is 6.92 Å². The van der Waals surface area contributed by atoms with Gasteiger partial charge in [0.05, 0.1) is 11.6 Å². The summed E-state index contributed by atoms with van der Waals surface area (Å²) in [6.07, 6.45) is 5.98. The molecule has 11 heteroatoms. The predicted octanol–water partition coefficient (Wildman–Crippen LogP) is 3.36. The number of aliphatic hydroxyl groups excluding tert-OH is 2. The van der Waals surface area contributed by atoms with Crippen LogP contribution in [0.1, 0.15) is 62.6 Å². The number of fused-ring (bicyclic) bond motifs is 3. The van der Waals surface area contributed by atoms with Gasteiger partial charge in [0, 0.05) is 35.7 Å². The third-order valence-corrected chi connectivity index (χ3v) is 10.6. The van der Waals surface area contributed by atoms with Crippen molar-refractivity contribution in [3.63, 3.8) is 0 Å². The minimum Gasteiger partial charge on any atom is -0.508 e. The molecule has 2 saturated carbocycles. The lowest BCUT2D eigenvalue weighted by molar-refractivity contribution is -0.153. The minimum atomic E-state index is -2.70. The molecule has 0 heterocycles. The van der Waals surface area contributed by atoms with Crippen molar-refractivity contribution in [3.05, 3.63) is 58.1 Å². The summed E-state index contributed by atoms with van der Waals surface area (Å²) in [7, 11) is 3.10. The molecule has 10 nitrogen and oxygen atoms in total. The van der Waals surface area contributed by atoms with Crippen LogP contribution in [0.5, 0.6) is 5.75 Å². The van der Waals surface area contributed by atoms with Crippen molar-refractivity contribution in [3.8, 4) is 5.75 Å². The summed E-state index contributed by atoms with van der Waals surface area (Å²) >= 11 is 0. The van der Waals surface area contributed by atoms with Crippen LogP contribution in [0.2, 0.25) is 0 Å². The van der Waals surface area contributed by atoms with Gasteiger partial charge in [-0.2, -0.15) is 0 Å². The van der Waals surface area contributed by atoms with E-state index in [1.165, 1.54) is 17.4 Å². The molecule has 0 radical (unpaired) electrons. The smallest absolute Gasteiger partial charge is 0.255 e. The number of rotatable bonds is 11. The van der Waals surface area contributed by atoms with E-state index in [1.54, 1.807) is 20.2 Å². The molecule has 1 aromatic rings. The molecule has 45 heavy (non-hydrogen) atoms. The molecule has 0 saturated heterocycles. The van der Waals surface area contributed by atoms with Crippen molar-refractivity contribution in [1.29, 1.82) is 0 Å². The number of aliphatic hydroxyl groups is 3. The SMILES string of the molecule is C=CCOc1cc(CN(CC)CC2(CC)CCC2)c(F)c2c1C(O)=C1C(=O)C3(O)C(O)=C(C(N)=O)C(=O)C(N(C)C)C3CC1C2. The quantitative estimate of drug-likeness (QED) is 0.214. The summed E-state index contributed by atoms with van der Waals surface area (Å²) in [4.78, 5) is 43.4. The number of nitrogens with zero attached hydrogens (tertiary/aromatic N) is 2. The molecule has 244 valence electrons. The van der Waals surface area contributed by atoms with E-state index in [0.29, 0.717) is 12.1 Å². The summed E-state index contributed by atoms with van der Waals surface area (Å²) in [6.45, 7) is 9.88. The molecule has 4 atom stereocenters. The summed E-state index contributed by atoms with van der Waals surface area (Å²) in [5.74, 6) is -7.17. The van der Waals surface area contributed by atoms with Gasteiger partial charge in [-0.25, -0.2) is 4.39 Å². The van der Waals surface area contributed by atoms with Gasteiger partial charge in [-0.15, -0.1) is 0 Å². The number of benzene rings is 1. The minimum absolute atomic E-state index is 0.00135. The highest BCUT2D eigenvalue weighted by Gasteiger charge is 2.64. The number of ether oxygens (including phenoxy) is 1. The Kier molecular flexibility index (Phi) is 8.76. The van der Waals surface area contributed by atoms with Crippen LogP contribution >= 0.6 is 0 Å². The number of amides is 1. The second-order valence-electron chi connectivity index (χ2n) is 13.3. The number of halogens is 1. The highest BCUT2D eigenvalue weighted by Crippen LogP contribution is 2.53. The lowest BCUT2D eigenvalue weighted by Crippen LogP contribution is -2.65. The molecule has 0 aromatic heterocycles. The van der Waals surface area contributed by atoms with Gasteiger partial charge in [0.15, 0.2) is 11.4 Å². The zero-order valence-electron chi connectivity index (χ0n) is 26.5. The number of carbonyl (C=O) groups is 3. The number of hydrogen-bond donors (Lipinski definition) is 4. The Labute approximate surface area is 263 Å². The van der Waals surface area contributed by atoms with Crippen LogP contribution in [-0.2, 0) is 27.3 Å². The van der Waals surface area contributed by atoms with E-state index in [0.717, 1.165) is 32.4 Å². The van der Waals surface area contributed by atoms with E-state index >= 15 is 4.39 Å². The molecule has 4 aliphatic carbocycles. The summed E-state index contributed by atoms with van der Waals surface area (Å²) < 4.78 is 22.5. The molecule has 1 aromatic carbocycles. The van der Waals surface area contributed by atoms with E-state index in [2.05, 4.69) is 18.4 Å². The number of carbonyl (C=O) groups excluding carboxylic acids is 3. The highest BCUT2D eigenvalue weighted by atomic mass is 19.1. The summed E-state index contributed by atoms with van der Waals surface area (Å²) in [6, 6.07) is 0.367. The second-order valence-corrected chi connectivity index (χ2v) is 13.3. The molecule has 1 amide bonds. The first kappa shape index (κ1) is 32.8. The van der Waals surface area contributed by atoms with Crippen molar-refractivity contribution in [1.82, 2.24) is 9.80 Å². The van der Waals surface area contributed by atoms with Gasteiger partial charge in [-0.3, -0.25) is 24.2 Å². The van der Waals surface area contributed by atoms with E-state index < -0.39 is 63.9 Å². The molecular weight excluding hydrogens is 581 g/mol. The topological polar surface area (TPSA) is 154 Å². The zero-order chi connectivity index (χ0) is 33.0. The van der Waals surface area contributed by atoms with Crippen LogP contribution in [0.4, 0.5) is 4.39 Å². The number of primary amides is 1. The van der Waals surface area contributed by atoms with Gasteiger partial charge in [0.1, 0.15) is 35.3 Å². The van der Waals surface area contributed by atoms with Gasteiger partial charge in [0.2, 0.25) is 5.78 Å². The average Bonchev–Trinajstić information content (AvgIpc) is 2.96. The van der Waals surface area contributed by atoms with Gasteiger partial charge in [-0.1, -0.05) is 32.9 Å². The lowest BCUT2D eigenvalue weighted by Gasteiger charge is -2.50. The first-order chi connectivity index (χ1) is 21.3. The Balaban J connectivity index is 1.63. The number of nitrogens with two attached hydrogens (primary N) is 1. The number of ketones is 2. The van der Waals surface area contributed by atoms with Crippen LogP contribution in [-0.4, -0.2) is 88.0 Å². The number of hydrogen-bond acceptors (Lipinski definition) is 9. The zero-order valence-corrected chi connectivity index (χ0v) is 26.5. The fourth-order valence-electron chi connectivity index (χ4n) is 8.00. The van der Waals surface area contributed by atoms with Crippen LogP contribution in [0, 0.1) is 23.1 Å². The molecule has 0 spiro atoms. The maximum Gasteiger partial charge on any atom is 0.255 e. The maximum atomic E-state index is 16.5. The Hall–Kier alpha value is -3.54. The Morgan fingerprint density at radius 2 is 1.93 bits per heavy atom. The molecule has 5 rings (SSSR count). The molecule has 2 fully saturated rings. The Morgan fingerprint density at radius 1 is 1.24 bits per heavy atom. The van der Waals surface area contributed by atoms with Crippen molar-refractivity contribution in [2.24, 2.45) is 23.0 Å². The third-order valence-electron chi connectivity index (χ3n) is 10.6. The first-order valence-electron chi connectivity index (χ1n) is 15.7. The normalized spacial score (nSPS) is 27.2. The fraction of sp³-hybridized carbons (Fsp3) is 0.559. The molecular formula is C34H44FN3O7. The molecule has 5 N–H and O–H groups in total. The standard InChI is InChI=1S/C34H44FN3O7/c1-6-12-45-22-15-19(16-38(8-3)17-33(7-2)10-9-11-33)26(35)20-13-18-14-21-27(37(4)5)29(40)25(32(36)43)31(42)34(21,44)30(41)23(18)28(39)24(20)22/h6,15,18,21,27,39,42,44H,1,7-14,16-17H2,2-5H3,(H2,36,43). The molecule has 0 bridgehead atoms. The average molecular weight is 626 g/mol. The monoisotopic (exact) mass is 625 g/mol. The number of Topliss-reactive ketones (excluding diaryl/α,β-unsaturated/α-hetero) is 2. The Bertz CT molecular complexity index is 1510. The summed E-state index contributed by atoms with van der Waals surface area (Å²) in [5.41, 5.74) is 2.44. The number of likely N-dealkylation sites (N-methyl/N-ethyl adjacent to an activating group) is 1. The van der Waals surface area contributed by atoms with Crippen molar-refractivity contribution in [2.45, 2.75) is 70.6 Å². The predicted molar refractivity (Wildman–Crippen MR) is 166 cm³/mol. The van der Waals surface area contributed by atoms with Crippen molar-refractivity contribution >= 4 is 23.2 Å². The van der Waals surface area contributed by atoms with E-state index in [9.17, 15) is 29.7 Å². The molecule has 4 aliphatic rings. The fourth-order valence-corrected chi connectivity index (χ4v) is 8.00. The second kappa shape index (κ2) is 12.0. The van der Waals surface area contributed by atoms with E-state index in [4.69, 9.17) is 10.5 Å². The first-order valence-corrected chi connectivity index (χ1v) is 15.7. The van der Waals surface area contributed by atoms with Crippen LogP contribution in [0.3, 0.4) is 0 Å². The third kappa shape index (κ3) is 5.09. The summed E-state index contributed by atoms with van der Waals surface area (Å²) in [5, 5.41) is 34.6. The van der Waals surface area contributed by atoms with Crippen molar-refractivity contribution in [2.75, 3.05) is 33.8 Å². The van der Waals surface area contributed by atoms with Crippen LogP contribution < -0.4 is 10.5 Å². The van der Waals surface area contributed by atoms with Gasteiger partial charge >= 0.3 is 0 Å². The highest BCUT2D eigenvalue weighted by molar-refractivity contribution is 6.24. The van der Waals surface area contributed by atoms with Gasteiger partial charge < -0.3 is 25.8 Å². The Morgan fingerprint density at radius 3 is 2.47 bits per heavy atom.